The summed E-state index contributed by atoms with van der Waals surface area (Å²) in [4.78, 5) is 12.9. The lowest BCUT2D eigenvalue weighted by atomic mass is 10.1. The fraction of sp³-hybridized carbons (Fsp3) is 0.933. The first-order chi connectivity index (χ1) is 8.57. The predicted molar refractivity (Wildman–Crippen MR) is 77.0 cm³/mol. The van der Waals surface area contributed by atoms with Gasteiger partial charge in [0.25, 0.3) is 0 Å². The average Bonchev–Trinajstić information content (AvgIpc) is 2.31. The van der Waals surface area contributed by atoms with E-state index in [0.29, 0.717) is 12.6 Å². The standard InChI is InChI=1S/C15H31NO2/c1-4-5-6-7-8-9-10-12-16(14(2)3)13-11-15(17)18/h14H,4-13H2,1-3H3,(H,17,18). The molecule has 0 bridgehead atoms. The van der Waals surface area contributed by atoms with Crippen molar-refractivity contribution in [2.45, 2.75) is 78.2 Å². The van der Waals surface area contributed by atoms with Crippen molar-refractivity contribution in [3.8, 4) is 0 Å². The Morgan fingerprint density at radius 3 is 2.06 bits per heavy atom. The number of carboxylic acids is 1. The number of carboxylic acid groups (broad SMARTS) is 1. The normalized spacial score (nSPS) is 11.4. The van der Waals surface area contributed by atoms with Crippen LogP contribution in [0.15, 0.2) is 0 Å². The molecule has 0 aromatic carbocycles. The fourth-order valence-electron chi connectivity index (χ4n) is 2.14. The molecule has 0 aliphatic rings. The Bertz CT molecular complexity index is 205. The van der Waals surface area contributed by atoms with Gasteiger partial charge in [-0.1, -0.05) is 45.4 Å². The summed E-state index contributed by atoms with van der Waals surface area (Å²) in [5, 5.41) is 8.71. The first kappa shape index (κ1) is 17.4. The van der Waals surface area contributed by atoms with Crippen molar-refractivity contribution in [3.63, 3.8) is 0 Å². The number of unbranched alkanes of at least 4 members (excludes halogenated alkanes) is 6. The van der Waals surface area contributed by atoms with Gasteiger partial charge < -0.3 is 10.0 Å². The smallest absolute Gasteiger partial charge is 0.304 e. The van der Waals surface area contributed by atoms with Gasteiger partial charge in [-0.2, -0.15) is 0 Å². The van der Waals surface area contributed by atoms with Gasteiger partial charge in [-0.05, 0) is 26.8 Å². The summed E-state index contributed by atoms with van der Waals surface area (Å²) in [5.74, 6) is -0.694. The molecule has 0 amide bonds. The molecule has 0 unspecified atom stereocenters. The summed E-state index contributed by atoms with van der Waals surface area (Å²) in [7, 11) is 0. The van der Waals surface area contributed by atoms with E-state index in [9.17, 15) is 4.79 Å². The minimum Gasteiger partial charge on any atom is -0.481 e. The zero-order valence-corrected chi connectivity index (χ0v) is 12.5. The highest BCUT2D eigenvalue weighted by atomic mass is 16.4. The highest BCUT2D eigenvalue weighted by Gasteiger charge is 2.10. The summed E-state index contributed by atoms with van der Waals surface area (Å²) in [6.45, 7) is 8.25. The van der Waals surface area contributed by atoms with Crippen LogP contribution in [0.2, 0.25) is 0 Å². The topological polar surface area (TPSA) is 40.5 Å². The van der Waals surface area contributed by atoms with Crippen molar-refractivity contribution in [2.24, 2.45) is 0 Å². The van der Waals surface area contributed by atoms with E-state index in [0.717, 1.165) is 6.54 Å². The Labute approximate surface area is 113 Å². The second-order valence-corrected chi connectivity index (χ2v) is 5.39. The lowest BCUT2D eigenvalue weighted by molar-refractivity contribution is -0.137. The third kappa shape index (κ3) is 10.6. The van der Waals surface area contributed by atoms with Gasteiger partial charge >= 0.3 is 5.97 Å². The molecule has 0 saturated heterocycles. The van der Waals surface area contributed by atoms with E-state index in [1.54, 1.807) is 0 Å². The van der Waals surface area contributed by atoms with Crippen molar-refractivity contribution in [1.82, 2.24) is 4.90 Å². The molecule has 0 heterocycles. The molecule has 0 rings (SSSR count). The zero-order chi connectivity index (χ0) is 13.8. The molecule has 0 aromatic rings. The Kier molecular flexibility index (Phi) is 11.2. The predicted octanol–water partition coefficient (Wildman–Crippen LogP) is 3.92. The first-order valence-electron chi connectivity index (χ1n) is 7.53. The van der Waals surface area contributed by atoms with E-state index in [2.05, 4.69) is 25.7 Å². The maximum absolute atomic E-state index is 10.6. The fourth-order valence-corrected chi connectivity index (χ4v) is 2.14. The van der Waals surface area contributed by atoms with Crippen LogP contribution in [-0.2, 0) is 4.79 Å². The molecule has 0 atom stereocenters. The lowest BCUT2D eigenvalue weighted by Crippen LogP contribution is -2.33. The summed E-state index contributed by atoms with van der Waals surface area (Å²) < 4.78 is 0. The van der Waals surface area contributed by atoms with Crippen LogP contribution in [0.25, 0.3) is 0 Å². The van der Waals surface area contributed by atoms with Crippen LogP contribution in [0.4, 0.5) is 0 Å². The number of aliphatic carboxylic acids is 1. The lowest BCUT2D eigenvalue weighted by Gasteiger charge is -2.25. The van der Waals surface area contributed by atoms with Crippen molar-refractivity contribution in [2.75, 3.05) is 13.1 Å². The molecule has 0 aromatic heterocycles. The third-order valence-corrected chi connectivity index (χ3v) is 3.39. The molecule has 0 fully saturated rings. The Balaban J connectivity index is 3.55. The number of nitrogens with zero attached hydrogens (tertiary/aromatic N) is 1. The minimum absolute atomic E-state index is 0.259. The molecule has 0 radical (unpaired) electrons. The van der Waals surface area contributed by atoms with Gasteiger partial charge in [0.05, 0.1) is 6.42 Å². The number of rotatable bonds is 12. The second-order valence-electron chi connectivity index (χ2n) is 5.39. The van der Waals surface area contributed by atoms with E-state index < -0.39 is 5.97 Å². The highest BCUT2D eigenvalue weighted by Crippen LogP contribution is 2.09. The van der Waals surface area contributed by atoms with Crippen LogP contribution in [0.1, 0.15) is 72.1 Å². The quantitative estimate of drug-likeness (QED) is 0.539. The van der Waals surface area contributed by atoms with E-state index in [1.165, 1.54) is 44.9 Å². The maximum Gasteiger partial charge on any atom is 0.304 e. The SMILES string of the molecule is CCCCCCCCCN(CCC(=O)O)C(C)C. The molecule has 18 heavy (non-hydrogen) atoms. The summed E-state index contributed by atoms with van der Waals surface area (Å²) in [6, 6.07) is 0.449. The van der Waals surface area contributed by atoms with Crippen LogP contribution in [-0.4, -0.2) is 35.1 Å². The van der Waals surface area contributed by atoms with Crippen molar-refractivity contribution < 1.29 is 9.90 Å². The molecule has 0 spiro atoms. The van der Waals surface area contributed by atoms with Crippen molar-refractivity contribution in [1.29, 1.82) is 0 Å². The Morgan fingerprint density at radius 2 is 1.56 bits per heavy atom. The second kappa shape index (κ2) is 11.5. The van der Waals surface area contributed by atoms with E-state index >= 15 is 0 Å². The molecule has 1 N–H and O–H groups in total. The van der Waals surface area contributed by atoms with Gasteiger partial charge in [-0.3, -0.25) is 4.79 Å². The Hall–Kier alpha value is -0.570. The molecule has 0 aliphatic carbocycles. The van der Waals surface area contributed by atoms with E-state index in [4.69, 9.17) is 5.11 Å². The van der Waals surface area contributed by atoms with Gasteiger partial charge in [0, 0.05) is 12.6 Å². The van der Waals surface area contributed by atoms with Crippen LogP contribution >= 0.6 is 0 Å². The maximum atomic E-state index is 10.6. The van der Waals surface area contributed by atoms with Gasteiger partial charge in [0.2, 0.25) is 0 Å². The first-order valence-corrected chi connectivity index (χ1v) is 7.53. The molecule has 0 saturated carbocycles. The average molecular weight is 257 g/mol. The van der Waals surface area contributed by atoms with Gasteiger partial charge in [-0.25, -0.2) is 0 Å². The molecular weight excluding hydrogens is 226 g/mol. The molecule has 3 heteroatoms. The monoisotopic (exact) mass is 257 g/mol. The van der Waals surface area contributed by atoms with Crippen LogP contribution in [0.3, 0.4) is 0 Å². The molecular formula is C15H31NO2. The van der Waals surface area contributed by atoms with Crippen LogP contribution in [0, 0.1) is 0 Å². The highest BCUT2D eigenvalue weighted by molar-refractivity contribution is 5.66. The van der Waals surface area contributed by atoms with E-state index in [1.807, 2.05) is 0 Å². The van der Waals surface area contributed by atoms with Crippen molar-refractivity contribution >= 4 is 5.97 Å². The molecule has 0 aliphatic heterocycles. The van der Waals surface area contributed by atoms with Crippen LogP contribution < -0.4 is 0 Å². The molecule has 3 nitrogen and oxygen atoms in total. The third-order valence-electron chi connectivity index (χ3n) is 3.39. The van der Waals surface area contributed by atoms with Crippen LogP contribution in [0.5, 0.6) is 0 Å². The number of carbonyl (C=O) groups is 1. The summed E-state index contributed by atoms with van der Waals surface area (Å²) in [6.07, 6.45) is 9.44. The number of hydrogen-bond donors (Lipinski definition) is 1. The van der Waals surface area contributed by atoms with E-state index in [-0.39, 0.29) is 6.42 Å². The zero-order valence-electron chi connectivity index (χ0n) is 12.5. The Morgan fingerprint density at radius 1 is 1.00 bits per heavy atom. The van der Waals surface area contributed by atoms with Crippen molar-refractivity contribution in [3.05, 3.63) is 0 Å². The minimum atomic E-state index is -0.694. The largest absolute Gasteiger partial charge is 0.481 e. The van der Waals surface area contributed by atoms with Gasteiger partial charge in [0.15, 0.2) is 0 Å². The summed E-state index contributed by atoms with van der Waals surface area (Å²) >= 11 is 0. The number of hydrogen-bond acceptors (Lipinski definition) is 2. The van der Waals surface area contributed by atoms with Gasteiger partial charge in [-0.15, -0.1) is 0 Å². The molecule has 108 valence electrons. The summed E-state index contributed by atoms with van der Waals surface area (Å²) in [5.41, 5.74) is 0. The van der Waals surface area contributed by atoms with Gasteiger partial charge in [0.1, 0.15) is 0 Å².